The van der Waals surface area contributed by atoms with Gasteiger partial charge < -0.3 is 5.32 Å². The Kier molecular flexibility index (Phi) is 3.11. The van der Waals surface area contributed by atoms with Crippen molar-refractivity contribution in [1.82, 2.24) is 5.32 Å². The fourth-order valence-corrected chi connectivity index (χ4v) is 2.52. The van der Waals surface area contributed by atoms with Crippen LogP contribution in [0.5, 0.6) is 0 Å². The van der Waals surface area contributed by atoms with E-state index in [0.717, 1.165) is 15.1 Å². The highest BCUT2D eigenvalue weighted by atomic mass is 127. The number of nitrogens with one attached hydrogen (secondary N) is 1. The van der Waals surface area contributed by atoms with Crippen LogP contribution in [-0.2, 0) is 0 Å². The molecule has 0 spiro atoms. The van der Waals surface area contributed by atoms with E-state index >= 15 is 0 Å². The molecule has 0 bridgehead atoms. The molecule has 1 saturated heterocycles. The average Bonchev–Trinajstić information content (AvgIpc) is 2.62. The number of halogens is 2. The predicted octanol–water partition coefficient (Wildman–Crippen LogP) is 3.37. The van der Waals surface area contributed by atoms with Crippen molar-refractivity contribution in [2.45, 2.75) is 18.9 Å². The molecule has 1 N–H and O–H groups in total. The third-order valence-electron chi connectivity index (χ3n) is 2.42. The lowest BCUT2D eigenvalue weighted by atomic mass is 10.1. The van der Waals surface area contributed by atoms with E-state index in [4.69, 9.17) is 11.6 Å². The summed E-state index contributed by atoms with van der Waals surface area (Å²) in [6.07, 6.45) is 2.46. The Hall–Kier alpha value is 0.200. The molecule has 1 fully saturated rings. The first kappa shape index (κ1) is 9.74. The molecule has 3 heteroatoms. The Balaban J connectivity index is 2.33. The van der Waals surface area contributed by atoms with Crippen LogP contribution >= 0.6 is 34.2 Å². The average molecular weight is 308 g/mol. The second kappa shape index (κ2) is 4.15. The van der Waals surface area contributed by atoms with Gasteiger partial charge in [0.25, 0.3) is 0 Å². The minimum absolute atomic E-state index is 0.474. The standard InChI is InChI=1S/C10H11ClIN/c11-10-7(3-1-4-8(10)12)9-5-2-6-13-9/h1,3-4,9,13H,2,5-6H2/t9-/m0/s1. The Bertz CT molecular complexity index is 308. The van der Waals surface area contributed by atoms with Crippen LogP contribution in [0.1, 0.15) is 24.4 Å². The van der Waals surface area contributed by atoms with E-state index < -0.39 is 0 Å². The van der Waals surface area contributed by atoms with Gasteiger partial charge in [0, 0.05) is 9.61 Å². The summed E-state index contributed by atoms with van der Waals surface area (Å²) in [7, 11) is 0. The maximum absolute atomic E-state index is 6.23. The van der Waals surface area contributed by atoms with Gasteiger partial charge in [-0.05, 0) is 53.6 Å². The zero-order chi connectivity index (χ0) is 9.26. The SMILES string of the molecule is Clc1c(I)cccc1[C@@H]1CCCN1. The number of hydrogen-bond acceptors (Lipinski definition) is 1. The molecule has 0 unspecified atom stereocenters. The minimum Gasteiger partial charge on any atom is -0.310 e. The summed E-state index contributed by atoms with van der Waals surface area (Å²) in [6, 6.07) is 6.71. The summed E-state index contributed by atoms with van der Waals surface area (Å²) in [5, 5.41) is 4.37. The van der Waals surface area contributed by atoms with Crippen LogP contribution in [0, 0.1) is 3.57 Å². The molecule has 1 nitrogen and oxygen atoms in total. The first-order chi connectivity index (χ1) is 6.29. The fraction of sp³-hybridized carbons (Fsp3) is 0.400. The Morgan fingerprint density at radius 2 is 2.31 bits per heavy atom. The van der Waals surface area contributed by atoms with Gasteiger partial charge in [0.15, 0.2) is 0 Å². The molecular formula is C10H11ClIN. The van der Waals surface area contributed by atoms with Crippen molar-refractivity contribution in [1.29, 1.82) is 0 Å². The summed E-state index contributed by atoms with van der Waals surface area (Å²) in [4.78, 5) is 0. The molecule has 0 aliphatic carbocycles. The topological polar surface area (TPSA) is 12.0 Å². The van der Waals surface area contributed by atoms with E-state index in [9.17, 15) is 0 Å². The highest BCUT2D eigenvalue weighted by Gasteiger charge is 2.19. The molecular weight excluding hydrogens is 296 g/mol. The fourth-order valence-electron chi connectivity index (χ4n) is 1.74. The van der Waals surface area contributed by atoms with Crippen LogP contribution in [0.25, 0.3) is 0 Å². The van der Waals surface area contributed by atoms with Crippen molar-refractivity contribution in [2.75, 3.05) is 6.54 Å². The van der Waals surface area contributed by atoms with Gasteiger partial charge in [0.1, 0.15) is 0 Å². The van der Waals surface area contributed by atoms with Crippen molar-refractivity contribution >= 4 is 34.2 Å². The second-order valence-electron chi connectivity index (χ2n) is 3.29. The van der Waals surface area contributed by atoms with Gasteiger partial charge in [-0.1, -0.05) is 23.7 Å². The molecule has 1 aromatic rings. The Labute approximate surface area is 97.0 Å². The molecule has 0 radical (unpaired) electrons. The van der Waals surface area contributed by atoms with Crippen molar-refractivity contribution < 1.29 is 0 Å². The molecule has 1 atom stereocenters. The normalized spacial score (nSPS) is 22.2. The lowest BCUT2D eigenvalue weighted by Gasteiger charge is -2.13. The van der Waals surface area contributed by atoms with Crippen molar-refractivity contribution in [3.63, 3.8) is 0 Å². The van der Waals surface area contributed by atoms with E-state index in [1.807, 2.05) is 6.07 Å². The monoisotopic (exact) mass is 307 g/mol. The van der Waals surface area contributed by atoms with Crippen molar-refractivity contribution in [3.8, 4) is 0 Å². The summed E-state index contributed by atoms with van der Waals surface area (Å²) >= 11 is 8.50. The summed E-state index contributed by atoms with van der Waals surface area (Å²) in [5.74, 6) is 0. The van der Waals surface area contributed by atoms with Crippen LogP contribution in [0.4, 0.5) is 0 Å². The zero-order valence-corrected chi connectivity index (χ0v) is 10.1. The van der Waals surface area contributed by atoms with Crippen LogP contribution in [0.2, 0.25) is 5.02 Å². The third-order valence-corrected chi connectivity index (χ3v) is 4.06. The molecule has 0 saturated carbocycles. The van der Waals surface area contributed by atoms with E-state index in [2.05, 4.69) is 40.0 Å². The first-order valence-electron chi connectivity index (χ1n) is 4.46. The number of benzene rings is 1. The summed E-state index contributed by atoms with van der Waals surface area (Å²) in [6.45, 7) is 1.12. The molecule has 70 valence electrons. The number of hydrogen-bond donors (Lipinski definition) is 1. The highest BCUT2D eigenvalue weighted by molar-refractivity contribution is 14.1. The van der Waals surface area contributed by atoms with Crippen LogP contribution in [0.3, 0.4) is 0 Å². The lowest BCUT2D eigenvalue weighted by Crippen LogP contribution is -2.13. The zero-order valence-electron chi connectivity index (χ0n) is 7.19. The van der Waals surface area contributed by atoms with E-state index in [-0.39, 0.29) is 0 Å². The van der Waals surface area contributed by atoms with Gasteiger partial charge in [-0.3, -0.25) is 0 Å². The molecule has 1 heterocycles. The van der Waals surface area contributed by atoms with Crippen LogP contribution in [-0.4, -0.2) is 6.54 Å². The Morgan fingerprint density at radius 3 is 3.00 bits per heavy atom. The number of rotatable bonds is 1. The van der Waals surface area contributed by atoms with E-state index in [1.54, 1.807) is 0 Å². The van der Waals surface area contributed by atoms with E-state index in [1.165, 1.54) is 18.4 Å². The lowest BCUT2D eigenvalue weighted by molar-refractivity contribution is 0.647. The van der Waals surface area contributed by atoms with Gasteiger partial charge in [-0.2, -0.15) is 0 Å². The van der Waals surface area contributed by atoms with E-state index in [0.29, 0.717) is 6.04 Å². The summed E-state index contributed by atoms with van der Waals surface area (Å²) in [5.41, 5.74) is 1.26. The molecule has 1 aliphatic heterocycles. The highest BCUT2D eigenvalue weighted by Crippen LogP contribution is 2.31. The Morgan fingerprint density at radius 1 is 1.46 bits per heavy atom. The van der Waals surface area contributed by atoms with Crippen molar-refractivity contribution in [3.05, 3.63) is 32.4 Å². The third kappa shape index (κ3) is 2.00. The van der Waals surface area contributed by atoms with Gasteiger partial charge in [0.2, 0.25) is 0 Å². The smallest absolute Gasteiger partial charge is 0.0587 e. The van der Waals surface area contributed by atoms with Crippen molar-refractivity contribution in [2.24, 2.45) is 0 Å². The maximum Gasteiger partial charge on any atom is 0.0587 e. The quantitative estimate of drug-likeness (QED) is 0.785. The van der Waals surface area contributed by atoms with Gasteiger partial charge in [-0.15, -0.1) is 0 Å². The first-order valence-corrected chi connectivity index (χ1v) is 5.92. The molecule has 13 heavy (non-hydrogen) atoms. The molecule has 1 aliphatic rings. The largest absolute Gasteiger partial charge is 0.310 e. The summed E-state index contributed by atoms with van der Waals surface area (Å²) < 4.78 is 1.14. The molecule has 0 aromatic heterocycles. The minimum atomic E-state index is 0.474. The molecule has 1 aromatic carbocycles. The van der Waals surface area contributed by atoms with Gasteiger partial charge in [0.05, 0.1) is 5.02 Å². The van der Waals surface area contributed by atoms with Crippen LogP contribution < -0.4 is 5.32 Å². The molecule has 2 rings (SSSR count). The van der Waals surface area contributed by atoms with Gasteiger partial charge >= 0.3 is 0 Å². The van der Waals surface area contributed by atoms with Gasteiger partial charge in [-0.25, -0.2) is 0 Å². The second-order valence-corrected chi connectivity index (χ2v) is 4.83. The molecule has 0 amide bonds. The maximum atomic E-state index is 6.23. The predicted molar refractivity (Wildman–Crippen MR) is 64.1 cm³/mol. The van der Waals surface area contributed by atoms with Crippen LogP contribution in [0.15, 0.2) is 18.2 Å².